The molecule has 1 heterocycles. The Kier molecular flexibility index (Phi) is 3.46. The summed E-state index contributed by atoms with van der Waals surface area (Å²) in [5.74, 6) is 0. The predicted octanol–water partition coefficient (Wildman–Crippen LogP) is 2.35. The van der Waals surface area contributed by atoms with Crippen LogP contribution in [0.3, 0.4) is 0 Å². The number of benzene rings is 1. The zero-order valence-corrected chi connectivity index (χ0v) is 10.2. The first kappa shape index (κ1) is 11.0. The van der Waals surface area contributed by atoms with Crippen LogP contribution < -0.4 is 4.90 Å². The molecule has 84 valence electrons. The molecule has 0 radical (unpaired) electrons. The molecule has 2 rings (SSSR count). The van der Waals surface area contributed by atoms with Gasteiger partial charge in [0.05, 0.1) is 0 Å². The molecule has 4 nitrogen and oxygen atoms in total. The van der Waals surface area contributed by atoms with Crippen LogP contribution in [0.5, 0.6) is 0 Å². The molecule has 5 heteroatoms. The van der Waals surface area contributed by atoms with Crippen LogP contribution in [-0.4, -0.2) is 20.8 Å². The van der Waals surface area contributed by atoms with E-state index in [4.69, 9.17) is 0 Å². The first-order valence-electron chi connectivity index (χ1n) is 5.23. The fourth-order valence-electron chi connectivity index (χ4n) is 1.49. The molecule has 2 aromatic rings. The van der Waals surface area contributed by atoms with Crippen molar-refractivity contribution in [1.82, 2.24) is 14.8 Å². The van der Waals surface area contributed by atoms with E-state index in [0.717, 1.165) is 11.7 Å². The number of hydrogen-bond acceptors (Lipinski definition) is 5. The molecule has 0 atom stereocenters. The lowest BCUT2D eigenvalue weighted by Gasteiger charge is -2.25. The van der Waals surface area contributed by atoms with Crippen molar-refractivity contribution in [3.8, 4) is 0 Å². The predicted molar refractivity (Wildman–Crippen MR) is 65.5 cm³/mol. The number of aromatic nitrogens is 3. The molecule has 0 amide bonds. The van der Waals surface area contributed by atoms with Gasteiger partial charge < -0.3 is 4.90 Å². The number of rotatable bonds is 4. The molecule has 0 bridgehead atoms. The van der Waals surface area contributed by atoms with E-state index in [1.54, 1.807) is 0 Å². The van der Waals surface area contributed by atoms with Gasteiger partial charge in [-0.15, -0.1) is 0 Å². The summed E-state index contributed by atoms with van der Waals surface area (Å²) in [6.07, 6.45) is 0. The summed E-state index contributed by atoms with van der Waals surface area (Å²) in [7, 11) is 0. The van der Waals surface area contributed by atoms with Gasteiger partial charge in [-0.3, -0.25) is 0 Å². The topological polar surface area (TPSA) is 41.9 Å². The third-order valence-electron chi connectivity index (χ3n) is 2.35. The fraction of sp³-hybridized carbons (Fsp3) is 0.364. The second-order valence-corrected chi connectivity index (χ2v) is 4.56. The van der Waals surface area contributed by atoms with Crippen LogP contribution in [0.2, 0.25) is 0 Å². The van der Waals surface area contributed by atoms with Crippen molar-refractivity contribution >= 4 is 16.7 Å². The van der Waals surface area contributed by atoms with Crippen molar-refractivity contribution in [2.45, 2.75) is 26.4 Å². The summed E-state index contributed by atoms with van der Waals surface area (Å²) in [5.41, 5.74) is 1.27. The highest BCUT2D eigenvalue weighted by molar-refractivity contribution is 7.09. The van der Waals surface area contributed by atoms with Crippen LogP contribution in [0.1, 0.15) is 19.4 Å². The van der Waals surface area contributed by atoms with E-state index in [-0.39, 0.29) is 0 Å². The van der Waals surface area contributed by atoms with Crippen molar-refractivity contribution < 1.29 is 0 Å². The van der Waals surface area contributed by atoms with Gasteiger partial charge in [0, 0.05) is 24.1 Å². The maximum absolute atomic E-state index is 4.02. The number of anilines is 1. The minimum absolute atomic E-state index is 0.384. The van der Waals surface area contributed by atoms with Crippen LogP contribution in [0, 0.1) is 0 Å². The molecule has 0 spiro atoms. The molecule has 0 fully saturated rings. The summed E-state index contributed by atoms with van der Waals surface area (Å²) in [5, 5.41) is 8.54. The van der Waals surface area contributed by atoms with Gasteiger partial charge in [-0.05, 0) is 24.6 Å². The minimum Gasteiger partial charge on any atom is -0.339 e. The van der Waals surface area contributed by atoms with Crippen LogP contribution in [0.25, 0.3) is 0 Å². The lowest BCUT2D eigenvalue weighted by atomic mass is 10.2. The number of nitrogens with zero attached hydrogens (tertiary/aromatic N) is 4. The Bertz CT molecular complexity index is 413. The van der Waals surface area contributed by atoms with Crippen LogP contribution in [-0.2, 0) is 6.54 Å². The van der Waals surface area contributed by atoms with Crippen molar-refractivity contribution in [3.05, 3.63) is 35.9 Å². The molecule has 0 saturated heterocycles. The van der Waals surface area contributed by atoms with Gasteiger partial charge in [0.2, 0.25) is 5.13 Å². The standard InChI is InChI=1S/C11H14N4S/c1-9(2)15(11-12-13-14-16-11)8-10-6-4-3-5-7-10/h3-7,9H,8H2,1-2H3. The first-order valence-corrected chi connectivity index (χ1v) is 6.00. The highest BCUT2D eigenvalue weighted by Crippen LogP contribution is 2.19. The second-order valence-electron chi connectivity index (χ2n) is 3.85. The van der Waals surface area contributed by atoms with E-state index in [0.29, 0.717) is 6.04 Å². The highest BCUT2D eigenvalue weighted by Gasteiger charge is 2.14. The van der Waals surface area contributed by atoms with Crippen molar-refractivity contribution in [1.29, 1.82) is 0 Å². The minimum atomic E-state index is 0.384. The van der Waals surface area contributed by atoms with E-state index >= 15 is 0 Å². The van der Waals surface area contributed by atoms with E-state index in [1.165, 1.54) is 17.1 Å². The van der Waals surface area contributed by atoms with Gasteiger partial charge >= 0.3 is 0 Å². The molecule has 0 unspecified atom stereocenters. The van der Waals surface area contributed by atoms with E-state index in [1.807, 2.05) is 18.2 Å². The van der Waals surface area contributed by atoms with E-state index in [9.17, 15) is 0 Å². The van der Waals surface area contributed by atoms with Crippen LogP contribution in [0.4, 0.5) is 5.13 Å². The highest BCUT2D eigenvalue weighted by atomic mass is 32.1. The second kappa shape index (κ2) is 5.03. The van der Waals surface area contributed by atoms with E-state index < -0.39 is 0 Å². The fourth-order valence-corrected chi connectivity index (χ4v) is 2.09. The quantitative estimate of drug-likeness (QED) is 0.814. The monoisotopic (exact) mass is 234 g/mol. The lowest BCUT2D eigenvalue weighted by molar-refractivity contribution is 0.674. The van der Waals surface area contributed by atoms with Crippen molar-refractivity contribution in [2.24, 2.45) is 0 Å². The van der Waals surface area contributed by atoms with Gasteiger partial charge in [-0.2, -0.15) is 0 Å². The molecule has 0 saturated carbocycles. The molecular formula is C11H14N4S. The van der Waals surface area contributed by atoms with Crippen LogP contribution in [0.15, 0.2) is 30.3 Å². The van der Waals surface area contributed by atoms with Gasteiger partial charge in [0.1, 0.15) is 0 Å². The largest absolute Gasteiger partial charge is 0.339 e. The summed E-state index contributed by atoms with van der Waals surface area (Å²) in [6.45, 7) is 5.13. The van der Waals surface area contributed by atoms with Gasteiger partial charge in [-0.25, -0.2) is 0 Å². The third kappa shape index (κ3) is 2.55. The van der Waals surface area contributed by atoms with Gasteiger partial charge in [-0.1, -0.05) is 39.9 Å². The van der Waals surface area contributed by atoms with E-state index in [2.05, 4.69) is 45.7 Å². The summed E-state index contributed by atoms with van der Waals surface area (Å²) >= 11 is 1.33. The summed E-state index contributed by atoms with van der Waals surface area (Å²) < 4.78 is 3.81. The molecule has 0 aliphatic carbocycles. The average molecular weight is 234 g/mol. The molecule has 1 aromatic carbocycles. The first-order chi connectivity index (χ1) is 7.77. The Morgan fingerprint density at radius 3 is 2.56 bits per heavy atom. The SMILES string of the molecule is CC(C)N(Cc1ccccc1)c1nnns1. The van der Waals surface area contributed by atoms with Crippen LogP contribution >= 0.6 is 11.5 Å². The Hall–Kier alpha value is -1.49. The maximum atomic E-state index is 4.02. The molecule has 0 aliphatic rings. The Morgan fingerprint density at radius 1 is 1.25 bits per heavy atom. The zero-order chi connectivity index (χ0) is 11.4. The van der Waals surface area contributed by atoms with Gasteiger partial charge in [0.25, 0.3) is 0 Å². The zero-order valence-electron chi connectivity index (χ0n) is 9.37. The summed E-state index contributed by atoms with van der Waals surface area (Å²) in [4.78, 5) is 2.19. The average Bonchev–Trinajstić information content (AvgIpc) is 2.80. The van der Waals surface area contributed by atoms with Gasteiger partial charge in [0.15, 0.2) is 0 Å². The Balaban J connectivity index is 2.16. The maximum Gasteiger partial charge on any atom is 0.228 e. The molecule has 0 N–H and O–H groups in total. The molecule has 1 aromatic heterocycles. The third-order valence-corrected chi connectivity index (χ3v) is 2.99. The Morgan fingerprint density at radius 2 is 2.00 bits per heavy atom. The Labute approximate surface area is 99.1 Å². The molecule has 0 aliphatic heterocycles. The molecule has 16 heavy (non-hydrogen) atoms. The lowest BCUT2D eigenvalue weighted by Crippen LogP contribution is -2.30. The summed E-state index contributed by atoms with van der Waals surface area (Å²) in [6, 6.07) is 10.7. The molecular weight excluding hydrogens is 220 g/mol. The van der Waals surface area contributed by atoms with Crippen molar-refractivity contribution in [2.75, 3.05) is 4.90 Å². The smallest absolute Gasteiger partial charge is 0.228 e. The normalized spacial score (nSPS) is 10.7. The van der Waals surface area contributed by atoms with Crippen molar-refractivity contribution in [3.63, 3.8) is 0 Å². The number of hydrogen-bond donors (Lipinski definition) is 0.